The third-order valence-electron chi connectivity index (χ3n) is 2.95. The van der Waals surface area contributed by atoms with E-state index in [-0.39, 0.29) is 11.2 Å². The number of hydrogen-bond donors (Lipinski definition) is 0. The van der Waals surface area contributed by atoms with Crippen molar-refractivity contribution in [1.82, 2.24) is 0 Å². The third kappa shape index (κ3) is 2.02. The normalized spacial score (nSPS) is 12.8. The Morgan fingerprint density at radius 3 is 2.50 bits per heavy atom. The van der Waals surface area contributed by atoms with Crippen LogP contribution in [0.25, 0.3) is 10.1 Å². The summed E-state index contributed by atoms with van der Waals surface area (Å²) in [7, 11) is 0. The van der Waals surface area contributed by atoms with Gasteiger partial charge in [0, 0.05) is 4.70 Å². The van der Waals surface area contributed by atoms with E-state index in [1.165, 1.54) is 22.2 Å². The average molecular weight is 277 g/mol. The van der Waals surface area contributed by atoms with Gasteiger partial charge in [0.2, 0.25) is 0 Å². The van der Waals surface area contributed by atoms with Gasteiger partial charge in [-0.1, -0.05) is 30.3 Å². The lowest BCUT2D eigenvalue weighted by molar-refractivity contribution is 0.627. The largest absolute Gasteiger partial charge is 0.207 e. The monoisotopic (exact) mass is 276 g/mol. The first-order valence-electron chi connectivity index (χ1n) is 5.61. The molecule has 0 fully saturated rings. The maximum absolute atomic E-state index is 12.9. The summed E-state index contributed by atoms with van der Waals surface area (Å²) in [4.78, 5) is 0. The van der Waals surface area contributed by atoms with Crippen LogP contribution in [0, 0.1) is 5.82 Å². The number of hydrogen-bond acceptors (Lipinski definition) is 1. The van der Waals surface area contributed by atoms with Crippen LogP contribution in [-0.2, 0) is 0 Å². The Bertz CT molecular complexity index is 672. The highest BCUT2D eigenvalue weighted by Crippen LogP contribution is 2.37. The van der Waals surface area contributed by atoms with Crippen LogP contribution < -0.4 is 0 Å². The molecule has 90 valence electrons. The first kappa shape index (κ1) is 11.7. The van der Waals surface area contributed by atoms with Crippen molar-refractivity contribution in [2.45, 2.75) is 5.38 Å². The number of rotatable bonds is 2. The van der Waals surface area contributed by atoms with Gasteiger partial charge in [-0.15, -0.1) is 22.9 Å². The molecule has 3 heteroatoms. The lowest BCUT2D eigenvalue weighted by Crippen LogP contribution is -1.92. The van der Waals surface area contributed by atoms with E-state index >= 15 is 0 Å². The molecule has 1 aromatic heterocycles. The van der Waals surface area contributed by atoms with E-state index in [0.717, 1.165) is 11.1 Å². The van der Waals surface area contributed by atoms with Crippen LogP contribution in [0.3, 0.4) is 0 Å². The van der Waals surface area contributed by atoms with Gasteiger partial charge in [0.25, 0.3) is 0 Å². The first-order valence-corrected chi connectivity index (χ1v) is 6.93. The van der Waals surface area contributed by atoms with E-state index in [2.05, 4.69) is 17.5 Å². The molecule has 0 saturated carbocycles. The summed E-state index contributed by atoms with van der Waals surface area (Å²) >= 11 is 8.17. The molecule has 3 rings (SSSR count). The third-order valence-corrected chi connectivity index (χ3v) is 4.42. The minimum Gasteiger partial charge on any atom is -0.207 e. The second-order valence-electron chi connectivity index (χ2n) is 4.10. The van der Waals surface area contributed by atoms with E-state index in [9.17, 15) is 4.39 Å². The molecule has 0 radical (unpaired) electrons. The SMILES string of the molecule is Fc1ccc(C(Cl)c2csc3ccccc23)cc1. The number of benzene rings is 2. The van der Waals surface area contributed by atoms with Gasteiger partial charge in [-0.25, -0.2) is 4.39 Å². The van der Waals surface area contributed by atoms with Crippen molar-refractivity contribution in [3.8, 4) is 0 Å². The standard InChI is InChI=1S/C15H10ClFS/c16-15(10-5-7-11(17)8-6-10)13-9-18-14-4-2-1-3-12(13)14/h1-9,15H. The van der Waals surface area contributed by atoms with Gasteiger partial charge in [-0.05, 0) is 40.1 Å². The molecule has 18 heavy (non-hydrogen) atoms. The summed E-state index contributed by atoms with van der Waals surface area (Å²) in [5, 5.41) is 3.01. The van der Waals surface area contributed by atoms with E-state index in [4.69, 9.17) is 11.6 Å². The number of halogens is 2. The van der Waals surface area contributed by atoms with Gasteiger partial charge in [0.15, 0.2) is 0 Å². The van der Waals surface area contributed by atoms with Crippen molar-refractivity contribution in [2.24, 2.45) is 0 Å². The maximum atomic E-state index is 12.9. The molecule has 1 atom stereocenters. The zero-order chi connectivity index (χ0) is 12.5. The van der Waals surface area contributed by atoms with Gasteiger partial charge < -0.3 is 0 Å². The fourth-order valence-corrected chi connectivity index (χ4v) is 3.39. The summed E-state index contributed by atoms with van der Waals surface area (Å²) in [5.74, 6) is -0.238. The number of alkyl halides is 1. The molecule has 0 aliphatic carbocycles. The average Bonchev–Trinajstić information content (AvgIpc) is 2.82. The predicted octanol–water partition coefficient (Wildman–Crippen LogP) is 5.37. The minimum absolute atomic E-state index is 0.234. The molecule has 3 aromatic rings. The Hall–Kier alpha value is -1.38. The van der Waals surface area contributed by atoms with Crippen LogP contribution in [0.5, 0.6) is 0 Å². The predicted molar refractivity (Wildman–Crippen MR) is 75.9 cm³/mol. The zero-order valence-corrected chi connectivity index (χ0v) is 11.0. The molecule has 0 N–H and O–H groups in total. The van der Waals surface area contributed by atoms with E-state index in [0.29, 0.717) is 0 Å². The molecule has 0 aliphatic rings. The fourth-order valence-electron chi connectivity index (χ4n) is 2.01. The van der Waals surface area contributed by atoms with Crippen molar-refractivity contribution in [1.29, 1.82) is 0 Å². The fraction of sp³-hybridized carbons (Fsp3) is 0.0667. The maximum Gasteiger partial charge on any atom is 0.123 e. The molecular weight excluding hydrogens is 267 g/mol. The molecule has 0 bridgehead atoms. The van der Waals surface area contributed by atoms with Crippen LogP contribution in [0.1, 0.15) is 16.5 Å². The van der Waals surface area contributed by atoms with Crippen molar-refractivity contribution in [3.05, 3.63) is 70.9 Å². The van der Waals surface area contributed by atoms with Crippen molar-refractivity contribution in [3.63, 3.8) is 0 Å². The summed E-state index contributed by atoms with van der Waals surface area (Å²) < 4.78 is 14.1. The number of thiophene rings is 1. The Labute approximate surface area is 114 Å². The van der Waals surface area contributed by atoms with Crippen LogP contribution in [0.4, 0.5) is 4.39 Å². The second kappa shape index (κ2) is 4.71. The Balaban J connectivity index is 2.06. The Morgan fingerprint density at radius 2 is 1.72 bits per heavy atom. The summed E-state index contributed by atoms with van der Waals surface area (Å²) in [6.45, 7) is 0. The Kier molecular flexibility index (Phi) is 3.06. The van der Waals surface area contributed by atoms with E-state index in [1.54, 1.807) is 23.5 Å². The topological polar surface area (TPSA) is 0 Å². The molecule has 0 spiro atoms. The molecule has 0 amide bonds. The first-order chi connectivity index (χ1) is 8.75. The zero-order valence-electron chi connectivity index (χ0n) is 9.44. The number of fused-ring (bicyclic) bond motifs is 1. The highest BCUT2D eigenvalue weighted by molar-refractivity contribution is 7.17. The quantitative estimate of drug-likeness (QED) is 0.552. The molecule has 1 unspecified atom stereocenters. The highest BCUT2D eigenvalue weighted by Gasteiger charge is 2.15. The van der Waals surface area contributed by atoms with Gasteiger partial charge >= 0.3 is 0 Å². The lowest BCUT2D eigenvalue weighted by atomic mass is 10.0. The van der Waals surface area contributed by atoms with Crippen molar-refractivity contribution in [2.75, 3.05) is 0 Å². The van der Waals surface area contributed by atoms with Crippen LogP contribution in [-0.4, -0.2) is 0 Å². The summed E-state index contributed by atoms with van der Waals surface area (Å²) in [6, 6.07) is 14.5. The van der Waals surface area contributed by atoms with Crippen LogP contribution in [0.15, 0.2) is 53.9 Å². The Morgan fingerprint density at radius 1 is 1.00 bits per heavy atom. The molecule has 2 aromatic carbocycles. The van der Waals surface area contributed by atoms with E-state index < -0.39 is 0 Å². The van der Waals surface area contributed by atoms with Gasteiger partial charge in [-0.2, -0.15) is 0 Å². The van der Waals surface area contributed by atoms with Crippen LogP contribution >= 0.6 is 22.9 Å². The van der Waals surface area contributed by atoms with Gasteiger partial charge in [0.05, 0.1) is 5.38 Å². The summed E-state index contributed by atoms with van der Waals surface area (Å²) in [5.41, 5.74) is 2.01. The highest BCUT2D eigenvalue weighted by atomic mass is 35.5. The van der Waals surface area contributed by atoms with Gasteiger partial charge in [0.1, 0.15) is 5.82 Å². The second-order valence-corrected chi connectivity index (χ2v) is 5.45. The lowest BCUT2D eigenvalue weighted by Gasteiger charge is -2.09. The molecule has 0 nitrogen and oxygen atoms in total. The molecule has 0 saturated heterocycles. The van der Waals surface area contributed by atoms with Crippen molar-refractivity contribution >= 4 is 33.0 Å². The van der Waals surface area contributed by atoms with E-state index in [1.807, 2.05) is 12.1 Å². The molecular formula is C15H10ClFS. The molecule has 0 aliphatic heterocycles. The minimum atomic E-state index is -0.238. The van der Waals surface area contributed by atoms with Crippen LogP contribution in [0.2, 0.25) is 0 Å². The van der Waals surface area contributed by atoms with Crippen molar-refractivity contribution < 1.29 is 4.39 Å². The van der Waals surface area contributed by atoms with Gasteiger partial charge in [-0.3, -0.25) is 0 Å². The summed E-state index contributed by atoms with van der Waals surface area (Å²) in [6.07, 6.45) is 0. The molecule has 1 heterocycles. The smallest absolute Gasteiger partial charge is 0.123 e.